The van der Waals surface area contributed by atoms with E-state index in [1.807, 2.05) is 13.8 Å². The highest BCUT2D eigenvalue weighted by Crippen LogP contribution is 2.07. The van der Waals surface area contributed by atoms with Crippen molar-refractivity contribution in [3.63, 3.8) is 0 Å². The van der Waals surface area contributed by atoms with E-state index in [1.54, 1.807) is 4.90 Å². The van der Waals surface area contributed by atoms with Gasteiger partial charge in [-0.05, 0) is 13.8 Å². The molecule has 0 unspecified atom stereocenters. The van der Waals surface area contributed by atoms with Crippen LogP contribution in [0.15, 0.2) is 4.42 Å². The first-order chi connectivity index (χ1) is 8.21. The fraction of sp³-hybridized carbons (Fsp3) is 0.700. The smallest absolute Gasteiger partial charge is 0.315 e. The molecule has 17 heavy (non-hydrogen) atoms. The molecule has 96 valence electrons. The van der Waals surface area contributed by atoms with Crippen molar-refractivity contribution in [3.05, 3.63) is 5.89 Å². The van der Waals surface area contributed by atoms with Crippen molar-refractivity contribution in [2.45, 2.75) is 26.1 Å². The lowest BCUT2D eigenvalue weighted by Crippen LogP contribution is -2.31. The predicted octanol–water partition coefficient (Wildman–Crippen LogP) is 1.48. The molecule has 0 aliphatic carbocycles. The van der Waals surface area contributed by atoms with Crippen molar-refractivity contribution in [1.82, 2.24) is 15.1 Å². The zero-order chi connectivity index (χ0) is 12.7. The summed E-state index contributed by atoms with van der Waals surface area (Å²) in [6, 6.07) is 0.299. The predicted molar refractivity (Wildman–Crippen MR) is 64.9 cm³/mol. The molecule has 0 aliphatic heterocycles. The fourth-order valence-corrected chi connectivity index (χ4v) is 1.50. The minimum Gasteiger partial charge on any atom is -0.407 e. The Labute approximate surface area is 105 Å². The second-order valence-corrected chi connectivity index (χ2v) is 3.64. The highest BCUT2D eigenvalue weighted by Gasteiger charge is 2.09. The van der Waals surface area contributed by atoms with Crippen LogP contribution in [-0.4, -0.2) is 40.6 Å². The number of carbonyl (C=O) groups is 1. The first-order valence-electron chi connectivity index (χ1n) is 5.61. The number of nitrogens with one attached hydrogen (secondary N) is 1. The van der Waals surface area contributed by atoms with E-state index in [4.69, 9.17) is 16.0 Å². The van der Waals surface area contributed by atoms with E-state index in [2.05, 4.69) is 15.5 Å². The molecule has 0 radical (unpaired) electrons. The Hall–Kier alpha value is -1.30. The van der Waals surface area contributed by atoms with Gasteiger partial charge >= 0.3 is 6.01 Å². The Balaban J connectivity index is 2.29. The van der Waals surface area contributed by atoms with E-state index in [-0.39, 0.29) is 11.8 Å². The SMILES string of the molecule is CCN(CC)C(=O)CCNc1nnc(CCl)o1. The van der Waals surface area contributed by atoms with Gasteiger partial charge in [0.1, 0.15) is 5.88 Å². The van der Waals surface area contributed by atoms with Crippen LogP contribution in [-0.2, 0) is 10.7 Å². The van der Waals surface area contributed by atoms with E-state index in [1.165, 1.54) is 0 Å². The Morgan fingerprint density at radius 3 is 2.65 bits per heavy atom. The summed E-state index contributed by atoms with van der Waals surface area (Å²) in [6.45, 7) is 5.84. The van der Waals surface area contributed by atoms with Crippen LogP contribution in [0.2, 0.25) is 0 Å². The van der Waals surface area contributed by atoms with Gasteiger partial charge in [-0.15, -0.1) is 16.7 Å². The van der Waals surface area contributed by atoms with E-state index in [0.29, 0.717) is 24.9 Å². The van der Waals surface area contributed by atoms with Gasteiger partial charge < -0.3 is 14.6 Å². The third-order valence-corrected chi connectivity index (χ3v) is 2.54. The molecule has 6 nitrogen and oxygen atoms in total. The van der Waals surface area contributed by atoms with Crippen molar-refractivity contribution in [3.8, 4) is 0 Å². The van der Waals surface area contributed by atoms with Gasteiger partial charge in [-0.2, -0.15) is 0 Å². The molecule has 7 heteroatoms. The molecule has 0 aromatic carbocycles. The van der Waals surface area contributed by atoms with Gasteiger partial charge in [0.2, 0.25) is 11.8 Å². The second-order valence-electron chi connectivity index (χ2n) is 3.38. The number of carbonyl (C=O) groups excluding carboxylic acids is 1. The summed E-state index contributed by atoms with van der Waals surface area (Å²) in [5, 5.41) is 10.3. The average molecular weight is 261 g/mol. The molecule has 0 saturated heterocycles. The molecule has 0 atom stereocenters. The van der Waals surface area contributed by atoms with E-state index < -0.39 is 0 Å². The highest BCUT2D eigenvalue weighted by atomic mass is 35.5. The van der Waals surface area contributed by atoms with Crippen molar-refractivity contribution >= 4 is 23.5 Å². The number of anilines is 1. The van der Waals surface area contributed by atoms with Gasteiger partial charge in [-0.1, -0.05) is 5.10 Å². The van der Waals surface area contributed by atoms with Crippen LogP contribution in [0.25, 0.3) is 0 Å². The lowest BCUT2D eigenvalue weighted by molar-refractivity contribution is -0.130. The number of aromatic nitrogens is 2. The summed E-state index contributed by atoms with van der Waals surface area (Å²) in [6.07, 6.45) is 0.403. The van der Waals surface area contributed by atoms with Gasteiger partial charge in [0.15, 0.2) is 0 Å². The number of alkyl halides is 1. The molecular weight excluding hydrogens is 244 g/mol. The minimum absolute atomic E-state index is 0.111. The van der Waals surface area contributed by atoms with Crippen molar-refractivity contribution in [2.75, 3.05) is 25.0 Å². The highest BCUT2D eigenvalue weighted by molar-refractivity contribution is 6.16. The molecule has 0 saturated carbocycles. The van der Waals surface area contributed by atoms with E-state index in [9.17, 15) is 4.79 Å². The Kier molecular flexibility index (Phi) is 5.76. The van der Waals surface area contributed by atoms with Crippen molar-refractivity contribution < 1.29 is 9.21 Å². The molecule has 1 aromatic heterocycles. The van der Waals surface area contributed by atoms with Crippen LogP contribution in [0, 0.1) is 0 Å². The molecule has 1 heterocycles. The summed E-state index contributed by atoms with van der Waals surface area (Å²) in [4.78, 5) is 13.4. The topological polar surface area (TPSA) is 71.3 Å². The standard InChI is InChI=1S/C10H17ClN4O2/c1-3-15(4-2)9(16)5-6-12-10-14-13-8(7-11)17-10/h3-7H2,1-2H3,(H,12,14). The first-order valence-corrected chi connectivity index (χ1v) is 6.14. The van der Waals surface area contributed by atoms with E-state index >= 15 is 0 Å². The summed E-state index contributed by atoms with van der Waals surface area (Å²) < 4.78 is 5.14. The molecule has 0 spiro atoms. The molecule has 1 N–H and O–H groups in total. The zero-order valence-electron chi connectivity index (χ0n) is 10.1. The number of rotatable bonds is 7. The first kappa shape index (κ1) is 13.8. The maximum absolute atomic E-state index is 11.7. The number of amides is 1. The Morgan fingerprint density at radius 2 is 2.12 bits per heavy atom. The fourth-order valence-electron chi connectivity index (χ4n) is 1.39. The summed E-state index contributed by atoms with van der Waals surface area (Å²) in [7, 11) is 0. The van der Waals surface area contributed by atoms with Crippen molar-refractivity contribution in [1.29, 1.82) is 0 Å². The number of nitrogens with zero attached hydrogens (tertiary/aromatic N) is 3. The maximum Gasteiger partial charge on any atom is 0.315 e. The monoisotopic (exact) mass is 260 g/mol. The molecule has 1 aromatic rings. The normalized spacial score (nSPS) is 10.3. The summed E-state index contributed by atoms with van der Waals surface area (Å²) >= 11 is 5.52. The van der Waals surface area contributed by atoms with Crippen LogP contribution in [0.5, 0.6) is 0 Å². The zero-order valence-corrected chi connectivity index (χ0v) is 10.8. The van der Waals surface area contributed by atoms with Gasteiger partial charge in [0.05, 0.1) is 0 Å². The van der Waals surface area contributed by atoms with E-state index in [0.717, 1.165) is 13.1 Å². The van der Waals surface area contributed by atoms with Gasteiger partial charge in [-0.3, -0.25) is 4.79 Å². The number of halogens is 1. The van der Waals surface area contributed by atoms with Crippen LogP contribution in [0.1, 0.15) is 26.2 Å². The molecule has 0 bridgehead atoms. The molecule has 0 aliphatic rings. The average Bonchev–Trinajstić information content (AvgIpc) is 2.78. The maximum atomic E-state index is 11.7. The summed E-state index contributed by atoms with van der Waals surface area (Å²) in [5.41, 5.74) is 0. The van der Waals surface area contributed by atoms with Crippen LogP contribution < -0.4 is 5.32 Å². The number of hydrogen-bond donors (Lipinski definition) is 1. The number of hydrogen-bond acceptors (Lipinski definition) is 5. The summed E-state index contributed by atoms with van der Waals surface area (Å²) in [5.74, 6) is 0.663. The lowest BCUT2D eigenvalue weighted by Gasteiger charge is -2.18. The molecule has 1 amide bonds. The lowest BCUT2D eigenvalue weighted by atomic mass is 10.3. The Bertz CT molecular complexity index is 352. The van der Waals surface area contributed by atoms with Crippen LogP contribution in [0.4, 0.5) is 6.01 Å². The van der Waals surface area contributed by atoms with Gasteiger partial charge in [0.25, 0.3) is 0 Å². The Morgan fingerprint density at radius 1 is 1.41 bits per heavy atom. The second kappa shape index (κ2) is 7.11. The largest absolute Gasteiger partial charge is 0.407 e. The third kappa shape index (κ3) is 4.22. The van der Waals surface area contributed by atoms with Crippen LogP contribution in [0.3, 0.4) is 0 Å². The minimum atomic E-state index is 0.111. The van der Waals surface area contributed by atoms with Gasteiger partial charge in [-0.25, -0.2) is 0 Å². The molecular formula is C10H17ClN4O2. The van der Waals surface area contributed by atoms with Crippen molar-refractivity contribution in [2.24, 2.45) is 0 Å². The van der Waals surface area contributed by atoms with Gasteiger partial charge in [0, 0.05) is 26.1 Å². The van der Waals surface area contributed by atoms with Crippen LogP contribution >= 0.6 is 11.6 Å². The molecule has 0 fully saturated rings. The quantitative estimate of drug-likeness (QED) is 0.752. The third-order valence-electron chi connectivity index (χ3n) is 2.31. The molecule has 1 rings (SSSR count).